The predicted octanol–water partition coefficient (Wildman–Crippen LogP) is 2.91. The number of amides is 1. The number of likely N-dealkylation sites (tertiary alicyclic amines) is 1. The van der Waals surface area contributed by atoms with Gasteiger partial charge in [-0.05, 0) is 49.8 Å². The normalized spacial score (nSPS) is 18.8. The van der Waals surface area contributed by atoms with Gasteiger partial charge in [0.05, 0.1) is 18.3 Å². The fraction of sp³-hybridized carbons (Fsp3) is 0.480. The quantitative estimate of drug-likeness (QED) is 0.493. The van der Waals surface area contributed by atoms with Gasteiger partial charge in [0, 0.05) is 56.9 Å². The average molecular weight is 462 g/mol. The Morgan fingerprint density at radius 1 is 1.21 bits per heavy atom. The van der Waals surface area contributed by atoms with Gasteiger partial charge in [0.15, 0.2) is 11.5 Å². The lowest BCUT2D eigenvalue weighted by Crippen LogP contribution is -2.45. The van der Waals surface area contributed by atoms with Gasteiger partial charge >= 0.3 is 0 Å². The summed E-state index contributed by atoms with van der Waals surface area (Å²) in [5, 5.41) is 5.82. The highest BCUT2D eigenvalue weighted by atomic mass is 16.5. The highest BCUT2D eigenvalue weighted by Crippen LogP contribution is 2.37. The van der Waals surface area contributed by atoms with Gasteiger partial charge in [-0.2, -0.15) is 5.10 Å². The molecule has 1 saturated heterocycles. The number of ether oxygens (including phenoxy) is 1. The molecule has 178 valence electrons. The van der Waals surface area contributed by atoms with E-state index >= 15 is 0 Å². The van der Waals surface area contributed by atoms with Gasteiger partial charge in [-0.3, -0.25) is 9.48 Å². The summed E-state index contributed by atoms with van der Waals surface area (Å²) in [6.45, 7) is 2.26. The Labute approximate surface area is 198 Å². The third-order valence-corrected chi connectivity index (χ3v) is 7.19. The molecule has 2 fully saturated rings. The van der Waals surface area contributed by atoms with Gasteiger partial charge in [0.25, 0.3) is 5.91 Å². The van der Waals surface area contributed by atoms with E-state index in [4.69, 9.17) is 20.6 Å². The molecule has 1 amide bonds. The molecule has 1 aliphatic heterocycles. The highest BCUT2D eigenvalue weighted by molar-refractivity contribution is 6.00. The maximum atomic E-state index is 13.3. The van der Waals surface area contributed by atoms with Crippen molar-refractivity contribution in [1.82, 2.24) is 28.8 Å². The van der Waals surface area contributed by atoms with Crippen LogP contribution in [-0.2, 0) is 20.6 Å². The van der Waals surface area contributed by atoms with Crippen LogP contribution in [0.2, 0.25) is 0 Å². The molecular formula is C25H31N7O2. The van der Waals surface area contributed by atoms with Crippen LogP contribution in [0.1, 0.15) is 36.0 Å². The topological polar surface area (TPSA) is 96.1 Å². The van der Waals surface area contributed by atoms with Crippen LogP contribution in [0, 0.1) is 5.92 Å². The van der Waals surface area contributed by atoms with Gasteiger partial charge in [-0.15, -0.1) is 0 Å². The van der Waals surface area contributed by atoms with Crippen molar-refractivity contribution in [1.29, 1.82) is 0 Å². The van der Waals surface area contributed by atoms with Gasteiger partial charge in [-0.25, -0.2) is 4.98 Å². The Hall–Kier alpha value is -3.33. The minimum Gasteiger partial charge on any atom is -0.494 e. The Balaban J connectivity index is 1.46. The van der Waals surface area contributed by atoms with Crippen molar-refractivity contribution in [2.75, 3.05) is 20.2 Å². The molecule has 4 aromatic rings. The van der Waals surface area contributed by atoms with Crippen molar-refractivity contribution < 1.29 is 9.53 Å². The van der Waals surface area contributed by atoms with Crippen molar-refractivity contribution >= 4 is 28.0 Å². The van der Waals surface area contributed by atoms with Crippen molar-refractivity contribution in [3.63, 3.8) is 0 Å². The van der Waals surface area contributed by atoms with E-state index in [0.29, 0.717) is 23.8 Å². The Morgan fingerprint density at radius 3 is 2.76 bits per heavy atom. The summed E-state index contributed by atoms with van der Waals surface area (Å²) in [7, 11) is 5.60. The Kier molecular flexibility index (Phi) is 4.91. The molecule has 4 heterocycles. The SMILES string of the molecule is COc1cc(C(=O)N2CCCC(N)C2)cc2nc(-c3cc4cn(C)nc4n3CC3CC3)n(C)c12. The van der Waals surface area contributed by atoms with Crippen molar-refractivity contribution in [2.45, 2.75) is 38.3 Å². The van der Waals surface area contributed by atoms with Crippen molar-refractivity contribution in [2.24, 2.45) is 25.7 Å². The minimum atomic E-state index is -0.0184. The number of piperidine rings is 1. The van der Waals surface area contributed by atoms with E-state index in [-0.39, 0.29) is 11.9 Å². The maximum absolute atomic E-state index is 13.3. The standard InChI is InChI=1S/C25H31N7O2/c1-29-13-17-10-20(32(23(17)28-29)12-15-6-7-15)24-27-19-9-16(11-21(34-3)22(19)30(24)2)25(33)31-8-4-5-18(26)14-31/h9-11,13,15,18H,4-8,12,14,26H2,1-3H3. The Morgan fingerprint density at radius 2 is 2.03 bits per heavy atom. The molecule has 2 aliphatic rings. The third-order valence-electron chi connectivity index (χ3n) is 7.19. The summed E-state index contributed by atoms with van der Waals surface area (Å²) in [6.07, 6.45) is 6.45. The molecule has 1 aromatic carbocycles. The number of hydrogen-bond donors (Lipinski definition) is 1. The lowest BCUT2D eigenvalue weighted by Gasteiger charge is -2.30. The molecule has 0 bridgehead atoms. The average Bonchev–Trinajstić information content (AvgIpc) is 3.38. The lowest BCUT2D eigenvalue weighted by molar-refractivity contribution is 0.0708. The number of carbonyl (C=O) groups is 1. The molecule has 6 rings (SSSR count). The van der Waals surface area contributed by atoms with E-state index in [2.05, 4.69) is 15.2 Å². The van der Waals surface area contributed by atoms with E-state index < -0.39 is 0 Å². The van der Waals surface area contributed by atoms with Crippen LogP contribution in [-0.4, -0.2) is 60.9 Å². The summed E-state index contributed by atoms with van der Waals surface area (Å²) in [5.74, 6) is 2.17. The zero-order chi connectivity index (χ0) is 23.6. The smallest absolute Gasteiger partial charge is 0.254 e. The zero-order valence-electron chi connectivity index (χ0n) is 20.0. The third kappa shape index (κ3) is 3.46. The molecule has 2 N–H and O–H groups in total. The van der Waals surface area contributed by atoms with Crippen LogP contribution in [0.25, 0.3) is 33.6 Å². The first-order chi connectivity index (χ1) is 16.4. The van der Waals surface area contributed by atoms with Gasteiger partial charge < -0.3 is 24.5 Å². The number of rotatable bonds is 5. The molecule has 1 aliphatic carbocycles. The van der Waals surface area contributed by atoms with Crippen molar-refractivity contribution in [3.05, 3.63) is 30.0 Å². The van der Waals surface area contributed by atoms with Gasteiger partial charge in [0.1, 0.15) is 11.3 Å². The van der Waals surface area contributed by atoms with Crippen LogP contribution >= 0.6 is 0 Å². The number of nitrogens with two attached hydrogens (primary N) is 1. The minimum absolute atomic E-state index is 0.0184. The van der Waals surface area contributed by atoms with Crippen LogP contribution in [0.5, 0.6) is 5.75 Å². The fourth-order valence-corrected chi connectivity index (χ4v) is 5.27. The molecule has 1 saturated carbocycles. The number of benzene rings is 1. The molecule has 9 nitrogen and oxygen atoms in total. The first-order valence-electron chi connectivity index (χ1n) is 12.1. The summed E-state index contributed by atoms with van der Waals surface area (Å²) >= 11 is 0. The lowest BCUT2D eigenvalue weighted by atomic mass is 10.0. The van der Waals surface area contributed by atoms with Gasteiger partial charge in [-0.1, -0.05) is 0 Å². The van der Waals surface area contributed by atoms with Crippen LogP contribution < -0.4 is 10.5 Å². The maximum Gasteiger partial charge on any atom is 0.254 e. The summed E-state index contributed by atoms with van der Waals surface area (Å²) in [4.78, 5) is 20.1. The van der Waals surface area contributed by atoms with E-state index in [1.54, 1.807) is 7.11 Å². The van der Waals surface area contributed by atoms with E-state index in [0.717, 1.165) is 59.5 Å². The second-order valence-electron chi connectivity index (χ2n) is 9.86. The van der Waals surface area contributed by atoms with Gasteiger partial charge in [0.2, 0.25) is 0 Å². The molecule has 9 heteroatoms. The van der Waals surface area contributed by atoms with E-state index in [1.165, 1.54) is 12.8 Å². The number of fused-ring (bicyclic) bond motifs is 2. The summed E-state index contributed by atoms with van der Waals surface area (Å²) < 4.78 is 12.0. The molecule has 0 spiro atoms. The highest BCUT2D eigenvalue weighted by Gasteiger charge is 2.28. The molecule has 3 aromatic heterocycles. The van der Waals surface area contributed by atoms with Crippen LogP contribution in [0.4, 0.5) is 0 Å². The molecule has 0 radical (unpaired) electrons. The van der Waals surface area contributed by atoms with Crippen LogP contribution in [0.15, 0.2) is 24.4 Å². The molecular weight excluding hydrogens is 430 g/mol. The number of hydrogen-bond acceptors (Lipinski definition) is 5. The van der Waals surface area contributed by atoms with E-state index in [9.17, 15) is 4.79 Å². The molecule has 1 unspecified atom stereocenters. The number of carbonyl (C=O) groups excluding carboxylic acids is 1. The second-order valence-corrected chi connectivity index (χ2v) is 9.86. The predicted molar refractivity (Wildman–Crippen MR) is 131 cm³/mol. The summed E-state index contributed by atoms with van der Waals surface area (Å²) in [6, 6.07) is 5.92. The van der Waals surface area contributed by atoms with E-state index in [1.807, 2.05) is 42.0 Å². The number of nitrogens with zero attached hydrogens (tertiary/aromatic N) is 6. The number of methoxy groups -OCH3 is 1. The fourth-order valence-electron chi connectivity index (χ4n) is 5.27. The largest absolute Gasteiger partial charge is 0.494 e. The zero-order valence-corrected chi connectivity index (χ0v) is 20.0. The first kappa shape index (κ1) is 21.2. The molecule has 1 atom stereocenters. The Bertz CT molecular complexity index is 1410. The number of aryl methyl sites for hydroxylation is 2. The second kappa shape index (κ2) is 7.87. The van der Waals surface area contributed by atoms with Crippen LogP contribution in [0.3, 0.4) is 0 Å². The molecule has 34 heavy (non-hydrogen) atoms. The summed E-state index contributed by atoms with van der Waals surface area (Å²) in [5.41, 5.74) is 10.4. The van der Waals surface area contributed by atoms with Crippen molar-refractivity contribution in [3.8, 4) is 17.3 Å². The number of aromatic nitrogens is 5. The number of imidazole rings is 1. The first-order valence-corrected chi connectivity index (χ1v) is 12.1. The monoisotopic (exact) mass is 461 g/mol.